The molecule has 0 aliphatic rings. The molecule has 0 heterocycles. The Morgan fingerprint density at radius 3 is 2.24 bits per heavy atom. The van der Waals surface area contributed by atoms with Crippen molar-refractivity contribution in [1.82, 2.24) is 0 Å². The van der Waals surface area contributed by atoms with E-state index in [-0.39, 0.29) is 22.9 Å². The fourth-order valence-electron chi connectivity index (χ4n) is 2.37. The number of amides is 1. The molecule has 0 spiro atoms. The van der Waals surface area contributed by atoms with Crippen molar-refractivity contribution in [2.75, 3.05) is 18.5 Å². The van der Waals surface area contributed by atoms with Gasteiger partial charge in [-0.3, -0.25) is 14.4 Å². The van der Waals surface area contributed by atoms with Gasteiger partial charge in [0.1, 0.15) is 11.6 Å². The SMILES string of the molecule is CCC(=O)c1ccc(OCC(=O)OCC(=O)c2ccc(NC(C)=O)cc2F)cc1. The summed E-state index contributed by atoms with van der Waals surface area (Å²) in [5.74, 6) is -2.39. The molecule has 0 aliphatic carbocycles. The number of Topliss-reactive ketones (excluding diaryl/α,β-unsaturated/α-hetero) is 2. The first kappa shape index (κ1) is 21.7. The number of ketones is 2. The van der Waals surface area contributed by atoms with Crippen LogP contribution in [-0.4, -0.2) is 36.7 Å². The lowest BCUT2D eigenvalue weighted by Gasteiger charge is -2.08. The number of esters is 1. The van der Waals surface area contributed by atoms with Gasteiger partial charge in [0, 0.05) is 24.6 Å². The zero-order valence-corrected chi connectivity index (χ0v) is 16.0. The van der Waals surface area contributed by atoms with E-state index >= 15 is 0 Å². The first-order chi connectivity index (χ1) is 13.8. The number of hydrogen-bond donors (Lipinski definition) is 1. The van der Waals surface area contributed by atoms with Gasteiger partial charge >= 0.3 is 5.97 Å². The normalized spacial score (nSPS) is 10.2. The third kappa shape index (κ3) is 6.53. The molecule has 0 bridgehead atoms. The number of ether oxygens (including phenoxy) is 2. The zero-order chi connectivity index (χ0) is 21.4. The Labute approximate surface area is 166 Å². The molecule has 0 unspecified atom stereocenters. The van der Waals surface area contributed by atoms with Crippen molar-refractivity contribution >= 4 is 29.1 Å². The molecule has 2 aromatic rings. The summed E-state index contributed by atoms with van der Waals surface area (Å²) < 4.78 is 24.0. The van der Waals surface area contributed by atoms with Gasteiger partial charge in [-0.25, -0.2) is 9.18 Å². The summed E-state index contributed by atoms with van der Waals surface area (Å²) in [6, 6.07) is 9.85. The molecule has 1 amide bonds. The standard InChI is InChI=1S/C21H20FNO6/c1-3-19(25)14-4-7-16(8-5-14)28-12-21(27)29-11-20(26)17-9-6-15(10-18(17)22)23-13(2)24/h4-10H,3,11-12H2,1-2H3,(H,23,24). The second kappa shape index (κ2) is 10.1. The molecule has 0 saturated carbocycles. The molecule has 2 aromatic carbocycles. The van der Waals surface area contributed by atoms with E-state index in [9.17, 15) is 23.6 Å². The maximum Gasteiger partial charge on any atom is 0.344 e. The summed E-state index contributed by atoms with van der Waals surface area (Å²) >= 11 is 0. The zero-order valence-electron chi connectivity index (χ0n) is 16.0. The second-order valence-corrected chi connectivity index (χ2v) is 6.05. The minimum atomic E-state index is -0.838. The van der Waals surface area contributed by atoms with E-state index in [0.29, 0.717) is 17.7 Å². The highest BCUT2D eigenvalue weighted by Gasteiger charge is 2.15. The van der Waals surface area contributed by atoms with Crippen molar-refractivity contribution in [2.24, 2.45) is 0 Å². The lowest BCUT2D eigenvalue weighted by atomic mass is 10.1. The Kier molecular flexibility index (Phi) is 7.59. The summed E-state index contributed by atoms with van der Waals surface area (Å²) in [7, 11) is 0. The molecule has 0 aromatic heterocycles. The lowest BCUT2D eigenvalue weighted by molar-refractivity contribution is -0.144. The van der Waals surface area contributed by atoms with E-state index in [2.05, 4.69) is 5.32 Å². The van der Waals surface area contributed by atoms with Crippen LogP contribution in [0.4, 0.5) is 10.1 Å². The molecule has 152 valence electrons. The minimum Gasteiger partial charge on any atom is -0.482 e. The Balaban J connectivity index is 1.83. The predicted octanol–water partition coefficient (Wildman–Crippen LogP) is 3.18. The molecule has 0 fully saturated rings. The van der Waals surface area contributed by atoms with E-state index in [4.69, 9.17) is 9.47 Å². The average Bonchev–Trinajstić information content (AvgIpc) is 2.70. The first-order valence-electron chi connectivity index (χ1n) is 8.82. The van der Waals surface area contributed by atoms with Crippen LogP contribution < -0.4 is 10.1 Å². The summed E-state index contributed by atoms with van der Waals surface area (Å²) in [5.41, 5.74) is 0.493. The Bertz CT molecular complexity index is 923. The maximum atomic E-state index is 14.0. The van der Waals surface area contributed by atoms with E-state index in [1.807, 2.05) is 0 Å². The molecular weight excluding hydrogens is 381 g/mol. The fourth-order valence-corrected chi connectivity index (χ4v) is 2.37. The van der Waals surface area contributed by atoms with E-state index in [1.54, 1.807) is 31.2 Å². The number of hydrogen-bond acceptors (Lipinski definition) is 6. The van der Waals surface area contributed by atoms with Gasteiger partial charge in [0.2, 0.25) is 11.7 Å². The molecule has 0 saturated heterocycles. The molecule has 1 N–H and O–H groups in total. The van der Waals surface area contributed by atoms with Crippen LogP contribution in [0.25, 0.3) is 0 Å². The summed E-state index contributed by atoms with van der Waals surface area (Å²) in [6.07, 6.45) is 0.386. The van der Waals surface area contributed by atoms with E-state index < -0.39 is 30.8 Å². The van der Waals surface area contributed by atoms with Crippen molar-refractivity contribution in [3.05, 3.63) is 59.4 Å². The van der Waals surface area contributed by atoms with Gasteiger partial charge in [-0.05, 0) is 42.5 Å². The highest BCUT2D eigenvalue weighted by Crippen LogP contribution is 2.16. The largest absolute Gasteiger partial charge is 0.482 e. The predicted molar refractivity (Wildman–Crippen MR) is 103 cm³/mol. The van der Waals surface area contributed by atoms with Crippen LogP contribution in [0.3, 0.4) is 0 Å². The van der Waals surface area contributed by atoms with Gasteiger partial charge in [0.25, 0.3) is 0 Å². The van der Waals surface area contributed by atoms with Crippen LogP contribution in [-0.2, 0) is 14.3 Å². The van der Waals surface area contributed by atoms with Crippen molar-refractivity contribution in [3.63, 3.8) is 0 Å². The van der Waals surface area contributed by atoms with Crippen LogP contribution in [0.5, 0.6) is 5.75 Å². The smallest absolute Gasteiger partial charge is 0.344 e. The van der Waals surface area contributed by atoms with Crippen LogP contribution in [0.2, 0.25) is 0 Å². The summed E-state index contributed by atoms with van der Waals surface area (Å²) in [5, 5.41) is 2.40. The van der Waals surface area contributed by atoms with Gasteiger partial charge < -0.3 is 14.8 Å². The molecule has 2 rings (SSSR count). The number of carbonyl (C=O) groups is 4. The van der Waals surface area contributed by atoms with Crippen LogP contribution in [0, 0.1) is 5.82 Å². The number of carbonyl (C=O) groups excluding carboxylic acids is 4. The Morgan fingerprint density at radius 1 is 0.966 bits per heavy atom. The third-order valence-electron chi connectivity index (χ3n) is 3.81. The Hall–Kier alpha value is -3.55. The minimum absolute atomic E-state index is 0.00758. The van der Waals surface area contributed by atoms with Gasteiger partial charge in [-0.1, -0.05) is 6.92 Å². The van der Waals surface area contributed by atoms with Crippen molar-refractivity contribution < 1.29 is 33.0 Å². The fraction of sp³-hybridized carbons (Fsp3) is 0.238. The van der Waals surface area contributed by atoms with E-state index in [1.165, 1.54) is 19.1 Å². The van der Waals surface area contributed by atoms with Crippen molar-refractivity contribution in [2.45, 2.75) is 20.3 Å². The summed E-state index contributed by atoms with van der Waals surface area (Å²) in [4.78, 5) is 46.3. The quantitative estimate of drug-likeness (QED) is 0.512. The first-order valence-corrected chi connectivity index (χ1v) is 8.82. The van der Waals surface area contributed by atoms with Gasteiger partial charge in [-0.2, -0.15) is 0 Å². The number of benzene rings is 2. The highest BCUT2D eigenvalue weighted by atomic mass is 19.1. The molecule has 0 radical (unpaired) electrons. The average molecular weight is 401 g/mol. The number of halogens is 1. The van der Waals surface area contributed by atoms with Gasteiger partial charge in [0.05, 0.1) is 5.56 Å². The van der Waals surface area contributed by atoms with Gasteiger partial charge in [-0.15, -0.1) is 0 Å². The maximum absolute atomic E-state index is 14.0. The van der Waals surface area contributed by atoms with Crippen LogP contribution in [0.15, 0.2) is 42.5 Å². The monoisotopic (exact) mass is 401 g/mol. The highest BCUT2D eigenvalue weighted by molar-refractivity contribution is 5.99. The molecule has 0 atom stereocenters. The molecule has 7 nitrogen and oxygen atoms in total. The Morgan fingerprint density at radius 2 is 1.66 bits per heavy atom. The second-order valence-electron chi connectivity index (χ2n) is 6.05. The third-order valence-corrected chi connectivity index (χ3v) is 3.81. The molecule has 8 heteroatoms. The number of rotatable bonds is 9. The van der Waals surface area contributed by atoms with E-state index in [0.717, 1.165) is 6.07 Å². The topological polar surface area (TPSA) is 98.8 Å². The van der Waals surface area contributed by atoms with Crippen LogP contribution in [0.1, 0.15) is 41.0 Å². The molecule has 29 heavy (non-hydrogen) atoms. The number of anilines is 1. The van der Waals surface area contributed by atoms with Crippen molar-refractivity contribution in [3.8, 4) is 5.75 Å². The number of nitrogens with one attached hydrogen (secondary N) is 1. The summed E-state index contributed by atoms with van der Waals surface area (Å²) in [6.45, 7) is 1.94. The lowest BCUT2D eigenvalue weighted by Crippen LogP contribution is -2.20. The van der Waals surface area contributed by atoms with Gasteiger partial charge in [0.15, 0.2) is 19.0 Å². The van der Waals surface area contributed by atoms with Crippen LogP contribution >= 0.6 is 0 Å². The molecular formula is C21H20FNO6. The molecule has 0 aliphatic heterocycles. The van der Waals surface area contributed by atoms with Crippen molar-refractivity contribution in [1.29, 1.82) is 0 Å².